The van der Waals surface area contributed by atoms with E-state index in [0.717, 1.165) is 0 Å². The Hall–Kier alpha value is -3.15. The first-order valence-corrected chi connectivity index (χ1v) is 8.22. The van der Waals surface area contributed by atoms with Crippen molar-refractivity contribution in [2.24, 2.45) is 0 Å². The molecule has 0 aliphatic carbocycles. The van der Waals surface area contributed by atoms with Crippen LogP contribution in [0.3, 0.4) is 0 Å². The lowest BCUT2D eigenvalue weighted by molar-refractivity contribution is -0.147. The van der Waals surface area contributed by atoms with Crippen LogP contribution in [-0.2, 0) is 14.3 Å². The van der Waals surface area contributed by atoms with Crippen LogP contribution in [0.15, 0.2) is 54.6 Å². The highest BCUT2D eigenvalue weighted by atomic mass is 16.5. The molecule has 1 N–H and O–H groups in total. The number of esters is 1. The van der Waals surface area contributed by atoms with Gasteiger partial charge in [-0.25, -0.2) is 0 Å². The van der Waals surface area contributed by atoms with E-state index in [1.165, 1.54) is 6.92 Å². The van der Waals surface area contributed by atoms with Crippen LogP contribution in [0.1, 0.15) is 30.1 Å². The zero-order valence-electron chi connectivity index (χ0n) is 14.7. The highest BCUT2D eigenvalue weighted by molar-refractivity contribution is 6.00. The van der Waals surface area contributed by atoms with Crippen molar-refractivity contribution < 1.29 is 23.9 Å². The lowest BCUT2D eigenvalue weighted by Gasteiger charge is -2.12. The lowest BCUT2D eigenvalue weighted by Crippen LogP contribution is -2.25. The number of rotatable bonds is 8. The zero-order chi connectivity index (χ0) is 18.9. The number of ether oxygens (including phenoxy) is 2. The Labute approximate surface area is 152 Å². The number of hydrogen-bond donors (Lipinski definition) is 1. The molecule has 0 bridgehead atoms. The van der Waals surface area contributed by atoms with Crippen molar-refractivity contribution in [2.45, 2.75) is 25.9 Å². The van der Waals surface area contributed by atoms with E-state index in [1.54, 1.807) is 61.7 Å². The van der Waals surface area contributed by atoms with Gasteiger partial charge >= 0.3 is 5.97 Å². The standard InChI is InChI=1S/C20H21NO5/c1-14(20(24)15-6-4-3-5-7-15)26-19(23)13-12-18(22)21-16-8-10-17(25-2)11-9-16/h3-11,14H,12-13H2,1-2H3,(H,21,22). The predicted octanol–water partition coefficient (Wildman–Crippen LogP) is 3.23. The molecule has 2 aromatic rings. The topological polar surface area (TPSA) is 81.7 Å². The first-order valence-electron chi connectivity index (χ1n) is 8.22. The third kappa shape index (κ3) is 5.73. The summed E-state index contributed by atoms with van der Waals surface area (Å²) in [6, 6.07) is 15.5. The summed E-state index contributed by atoms with van der Waals surface area (Å²) in [6.45, 7) is 1.52. The molecular formula is C20H21NO5. The fourth-order valence-corrected chi connectivity index (χ4v) is 2.26. The van der Waals surface area contributed by atoms with E-state index in [4.69, 9.17) is 9.47 Å². The summed E-state index contributed by atoms with van der Waals surface area (Å²) < 4.78 is 10.2. The van der Waals surface area contributed by atoms with Crippen LogP contribution in [-0.4, -0.2) is 30.9 Å². The van der Waals surface area contributed by atoms with Crippen LogP contribution in [0.5, 0.6) is 5.75 Å². The van der Waals surface area contributed by atoms with Crippen LogP contribution in [0.4, 0.5) is 5.69 Å². The SMILES string of the molecule is COc1ccc(NC(=O)CCC(=O)OC(C)C(=O)c2ccccc2)cc1. The summed E-state index contributed by atoms with van der Waals surface area (Å²) >= 11 is 0. The van der Waals surface area contributed by atoms with Crippen molar-refractivity contribution >= 4 is 23.3 Å². The number of nitrogens with one attached hydrogen (secondary N) is 1. The van der Waals surface area contributed by atoms with Gasteiger partial charge in [0.25, 0.3) is 0 Å². The fraction of sp³-hybridized carbons (Fsp3) is 0.250. The lowest BCUT2D eigenvalue weighted by atomic mass is 10.1. The Bertz CT molecular complexity index is 756. The Kier molecular flexibility index (Phi) is 6.91. The quantitative estimate of drug-likeness (QED) is 0.581. The minimum absolute atomic E-state index is 0.0306. The first-order chi connectivity index (χ1) is 12.5. The van der Waals surface area contributed by atoms with Crippen molar-refractivity contribution in [1.82, 2.24) is 0 Å². The van der Waals surface area contributed by atoms with E-state index in [0.29, 0.717) is 17.0 Å². The van der Waals surface area contributed by atoms with E-state index in [9.17, 15) is 14.4 Å². The number of amides is 1. The Balaban J connectivity index is 1.76. The maximum absolute atomic E-state index is 12.1. The van der Waals surface area contributed by atoms with Gasteiger partial charge in [-0.15, -0.1) is 0 Å². The maximum Gasteiger partial charge on any atom is 0.307 e. The van der Waals surface area contributed by atoms with Gasteiger partial charge in [0.15, 0.2) is 6.10 Å². The third-order valence-electron chi connectivity index (χ3n) is 3.67. The Morgan fingerprint density at radius 2 is 1.62 bits per heavy atom. The smallest absolute Gasteiger partial charge is 0.307 e. The number of carbonyl (C=O) groups is 3. The normalized spacial score (nSPS) is 11.3. The van der Waals surface area contributed by atoms with E-state index in [1.807, 2.05) is 0 Å². The van der Waals surface area contributed by atoms with Gasteiger partial charge in [0, 0.05) is 17.7 Å². The molecule has 0 aliphatic rings. The molecule has 2 rings (SSSR count). The summed E-state index contributed by atoms with van der Waals surface area (Å²) in [7, 11) is 1.56. The van der Waals surface area contributed by atoms with Crippen LogP contribution in [0.25, 0.3) is 0 Å². The molecule has 1 unspecified atom stereocenters. The van der Waals surface area contributed by atoms with Gasteiger partial charge in [0.1, 0.15) is 5.75 Å². The molecule has 0 saturated heterocycles. The van der Waals surface area contributed by atoms with E-state index < -0.39 is 12.1 Å². The highest BCUT2D eigenvalue weighted by Gasteiger charge is 2.19. The molecule has 2 aromatic carbocycles. The van der Waals surface area contributed by atoms with E-state index >= 15 is 0 Å². The molecule has 0 saturated carbocycles. The van der Waals surface area contributed by atoms with Gasteiger partial charge in [0.2, 0.25) is 11.7 Å². The molecule has 0 spiro atoms. The second-order valence-corrected chi connectivity index (χ2v) is 5.64. The average molecular weight is 355 g/mol. The number of ketones is 1. The molecule has 0 aliphatic heterocycles. The van der Waals surface area contributed by atoms with Crippen molar-refractivity contribution in [3.63, 3.8) is 0 Å². The van der Waals surface area contributed by atoms with Gasteiger partial charge < -0.3 is 14.8 Å². The van der Waals surface area contributed by atoms with Gasteiger partial charge in [-0.1, -0.05) is 30.3 Å². The minimum Gasteiger partial charge on any atom is -0.497 e. The predicted molar refractivity (Wildman–Crippen MR) is 97.2 cm³/mol. The number of Topliss-reactive ketones (excluding diaryl/α,β-unsaturated/α-hetero) is 1. The van der Waals surface area contributed by atoms with Crippen molar-refractivity contribution in [3.05, 3.63) is 60.2 Å². The largest absolute Gasteiger partial charge is 0.497 e. The van der Waals surface area contributed by atoms with E-state index in [-0.39, 0.29) is 24.5 Å². The van der Waals surface area contributed by atoms with Crippen molar-refractivity contribution in [3.8, 4) is 5.75 Å². The second kappa shape index (κ2) is 9.36. The molecule has 1 atom stereocenters. The van der Waals surface area contributed by atoms with Crippen LogP contribution < -0.4 is 10.1 Å². The van der Waals surface area contributed by atoms with Crippen molar-refractivity contribution in [2.75, 3.05) is 12.4 Å². The van der Waals surface area contributed by atoms with Crippen LogP contribution >= 0.6 is 0 Å². The van der Waals surface area contributed by atoms with Crippen molar-refractivity contribution in [1.29, 1.82) is 0 Å². The molecule has 0 radical (unpaired) electrons. The number of hydrogen-bond acceptors (Lipinski definition) is 5. The molecule has 0 heterocycles. The minimum atomic E-state index is -0.894. The van der Waals surface area contributed by atoms with Gasteiger partial charge in [-0.05, 0) is 31.2 Å². The number of methoxy groups -OCH3 is 1. The number of carbonyl (C=O) groups excluding carboxylic acids is 3. The van der Waals surface area contributed by atoms with E-state index in [2.05, 4.69) is 5.32 Å². The molecule has 136 valence electrons. The molecular weight excluding hydrogens is 334 g/mol. The highest BCUT2D eigenvalue weighted by Crippen LogP contribution is 2.15. The molecule has 0 fully saturated rings. The first kappa shape index (κ1) is 19.2. The Morgan fingerprint density at radius 3 is 2.23 bits per heavy atom. The molecule has 0 aromatic heterocycles. The summed E-state index contributed by atoms with van der Waals surface area (Å²) in [5.41, 5.74) is 1.09. The fourth-order valence-electron chi connectivity index (χ4n) is 2.26. The number of anilines is 1. The molecule has 6 heteroatoms. The van der Waals surface area contributed by atoms with Gasteiger partial charge in [-0.2, -0.15) is 0 Å². The average Bonchev–Trinajstić information content (AvgIpc) is 2.67. The zero-order valence-corrected chi connectivity index (χ0v) is 14.7. The number of benzene rings is 2. The van der Waals surface area contributed by atoms with Crippen LogP contribution in [0, 0.1) is 0 Å². The summed E-state index contributed by atoms with van der Waals surface area (Å²) in [4.78, 5) is 35.9. The molecule has 6 nitrogen and oxygen atoms in total. The third-order valence-corrected chi connectivity index (χ3v) is 3.67. The molecule has 26 heavy (non-hydrogen) atoms. The molecule has 1 amide bonds. The summed E-state index contributed by atoms with van der Waals surface area (Å²) in [6.07, 6.45) is -1.03. The summed E-state index contributed by atoms with van der Waals surface area (Å²) in [5.74, 6) is -0.494. The monoisotopic (exact) mass is 355 g/mol. The van der Waals surface area contributed by atoms with Crippen LogP contribution in [0.2, 0.25) is 0 Å². The van der Waals surface area contributed by atoms with Gasteiger partial charge in [-0.3, -0.25) is 14.4 Å². The maximum atomic E-state index is 12.1. The second-order valence-electron chi connectivity index (χ2n) is 5.64. The summed E-state index contributed by atoms with van der Waals surface area (Å²) in [5, 5.41) is 2.68. The van der Waals surface area contributed by atoms with Gasteiger partial charge in [0.05, 0.1) is 13.5 Å². The Morgan fingerprint density at radius 1 is 0.962 bits per heavy atom.